The molecular formula is C7H11NO3. The molecule has 0 N–H and O–H groups in total. The van der Waals surface area contributed by atoms with Crippen LogP contribution in [-0.4, -0.2) is 18.1 Å². The molecule has 1 aliphatic rings. The molecule has 11 heavy (non-hydrogen) atoms. The molecule has 0 spiro atoms. The van der Waals surface area contributed by atoms with E-state index in [1.165, 1.54) is 0 Å². The maximum atomic E-state index is 9.93. The maximum Gasteiger partial charge on any atom is 0.230 e. The van der Waals surface area contributed by atoms with Gasteiger partial charge in [-0.15, -0.1) is 0 Å². The average molecular weight is 157 g/mol. The summed E-state index contributed by atoms with van der Waals surface area (Å²) in [7, 11) is 0. The molecular weight excluding hydrogens is 146 g/mol. The van der Waals surface area contributed by atoms with E-state index in [1.807, 2.05) is 0 Å². The number of ether oxygens (including phenoxy) is 1. The lowest BCUT2D eigenvalue weighted by Gasteiger charge is -2.17. The van der Waals surface area contributed by atoms with Gasteiger partial charge in [-0.2, -0.15) is 0 Å². The lowest BCUT2D eigenvalue weighted by atomic mass is 10.0. The average Bonchev–Trinajstić information content (AvgIpc) is 2.03. The van der Waals surface area contributed by atoms with Gasteiger partial charge in [0.1, 0.15) is 0 Å². The first kappa shape index (κ1) is 8.20. The predicted molar refractivity (Wildman–Crippen MR) is 39.7 cm³/mol. The second-order valence-electron chi connectivity index (χ2n) is 2.58. The lowest BCUT2D eigenvalue weighted by molar-refractivity contribution is -0.402. The van der Waals surface area contributed by atoms with E-state index in [2.05, 4.69) is 0 Å². The van der Waals surface area contributed by atoms with Crippen LogP contribution < -0.4 is 0 Å². The third kappa shape index (κ3) is 3.13. The minimum Gasteiger partial charge on any atom is -0.381 e. The van der Waals surface area contributed by atoms with Crippen molar-refractivity contribution < 1.29 is 9.66 Å². The summed E-state index contributed by atoms with van der Waals surface area (Å²) in [4.78, 5) is 9.51. The summed E-state index contributed by atoms with van der Waals surface area (Å²) in [5.74, 6) is 0.342. The summed E-state index contributed by atoms with van der Waals surface area (Å²) in [5.41, 5.74) is 0. The number of allylic oxidation sites excluding steroid dienone is 1. The van der Waals surface area contributed by atoms with Crippen molar-refractivity contribution in [3.8, 4) is 0 Å². The maximum absolute atomic E-state index is 9.93. The Kier molecular flexibility index (Phi) is 3.04. The molecule has 0 aromatic heterocycles. The Labute approximate surface area is 65.0 Å². The van der Waals surface area contributed by atoms with Crippen molar-refractivity contribution in [1.82, 2.24) is 0 Å². The molecule has 1 saturated heterocycles. The smallest absolute Gasteiger partial charge is 0.230 e. The Morgan fingerprint density at radius 2 is 2.09 bits per heavy atom. The van der Waals surface area contributed by atoms with Crippen molar-refractivity contribution in [1.29, 1.82) is 0 Å². The molecule has 0 saturated carbocycles. The molecule has 0 aliphatic carbocycles. The van der Waals surface area contributed by atoms with E-state index in [9.17, 15) is 10.1 Å². The largest absolute Gasteiger partial charge is 0.381 e. The normalized spacial score (nSPS) is 20.7. The quantitative estimate of drug-likeness (QED) is 0.447. The highest BCUT2D eigenvalue weighted by atomic mass is 16.6. The standard InChI is InChI=1S/C7H11NO3/c9-8(10)4-1-7-2-5-11-6-3-7/h1,4,7H,2-3,5-6H2. The summed E-state index contributed by atoms with van der Waals surface area (Å²) < 4.78 is 5.10. The van der Waals surface area contributed by atoms with E-state index in [0.29, 0.717) is 5.92 Å². The Morgan fingerprint density at radius 1 is 1.45 bits per heavy atom. The monoisotopic (exact) mass is 157 g/mol. The van der Waals surface area contributed by atoms with Gasteiger partial charge in [-0.1, -0.05) is 0 Å². The van der Waals surface area contributed by atoms with Crippen molar-refractivity contribution >= 4 is 0 Å². The molecule has 4 nitrogen and oxygen atoms in total. The van der Waals surface area contributed by atoms with Gasteiger partial charge in [-0.05, 0) is 24.8 Å². The lowest BCUT2D eigenvalue weighted by Crippen LogP contribution is -2.13. The number of nitrogens with zero attached hydrogens (tertiary/aromatic N) is 1. The third-order valence-electron chi connectivity index (χ3n) is 1.75. The molecule has 4 heteroatoms. The zero-order valence-electron chi connectivity index (χ0n) is 6.23. The minimum atomic E-state index is -0.421. The second kappa shape index (κ2) is 4.08. The van der Waals surface area contributed by atoms with Crippen LogP contribution in [0.5, 0.6) is 0 Å². The van der Waals surface area contributed by atoms with Gasteiger partial charge < -0.3 is 4.74 Å². The molecule has 1 heterocycles. The molecule has 0 unspecified atom stereocenters. The van der Waals surface area contributed by atoms with Crippen LogP contribution in [0, 0.1) is 16.0 Å². The summed E-state index contributed by atoms with van der Waals surface area (Å²) in [6.07, 6.45) is 4.49. The van der Waals surface area contributed by atoms with Gasteiger partial charge in [0.05, 0.1) is 4.92 Å². The molecule has 62 valence electrons. The summed E-state index contributed by atoms with van der Waals surface area (Å²) in [6, 6.07) is 0. The fourth-order valence-electron chi connectivity index (χ4n) is 1.10. The van der Waals surface area contributed by atoms with Crippen LogP contribution in [0.4, 0.5) is 0 Å². The van der Waals surface area contributed by atoms with Crippen LogP contribution in [0.3, 0.4) is 0 Å². The highest BCUT2D eigenvalue weighted by Crippen LogP contribution is 2.15. The minimum absolute atomic E-state index is 0.342. The van der Waals surface area contributed by atoms with Crippen LogP contribution >= 0.6 is 0 Å². The van der Waals surface area contributed by atoms with Gasteiger partial charge in [0.25, 0.3) is 0 Å². The number of hydrogen-bond donors (Lipinski definition) is 0. The van der Waals surface area contributed by atoms with Gasteiger partial charge >= 0.3 is 0 Å². The molecule has 1 aliphatic heterocycles. The number of hydrogen-bond acceptors (Lipinski definition) is 3. The summed E-state index contributed by atoms with van der Waals surface area (Å²) in [6.45, 7) is 1.46. The van der Waals surface area contributed by atoms with Gasteiger partial charge in [0.2, 0.25) is 6.20 Å². The van der Waals surface area contributed by atoms with Crippen molar-refractivity contribution in [3.05, 3.63) is 22.4 Å². The molecule has 1 fully saturated rings. The van der Waals surface area contributed by atoms with Gasteiger partial charge in [0.15, 0.2) is 0 Å². The molecule has 0 amide bonds. The number of nitro groups is 1. The second-order valence-corrected chi connectivity index (χ2v) is 2.58. The van der Waals surface area contributed by atoms with E-state index >= 15 is 0 Å². The van der Waals surface area contributed by atoms with Crippen LogP contribution in [-0.2, 0) is 4.74 Å². The van der Waals surface area contributed by atoms with Gasteiger partial charge in [-0.25, -0.2) is 0 Å². The Morgan fingerprint density at radius 3 is 2.64 bits per heavy atom. The third-order valence-corrected chi connectivity index (χ3v) is 1.75. The van der Waals surface area contributed by atoms with Crippen LogP contribution in [0.1, 0.15) is 12.8 Å². The van der Waals surface area contributed by atoms with E-state index in [4.69, 9.17) is 4.74 Å². The van der Waals surface area contributed by atoms with E-state index < -0.39 is 4.92 Å². The Bertz CT molecular complexity index is 161. The molecule has 0 atom stereocenters. The van der Waals surface area contributed by atoms with Crippen molar-refractivity contribution in [2.75, 3.05) is 13.2 Å². The molecule has 0 bridgehead atoms. The van der Waals surface area contributed by atoms with Crippen molar-refractivity contribution in [2.45, 2.75) is 12.8 Å². The topological polar surface area (TPSA) is 52.4 Å². The highest BCUT2D eigenvalue weighted by Gasteiger charge is 2.10. The first-order valence-electron chi connectivity index (χ1n) is 3.68. The summed E-state index contributed by atoms with van der Waals surface area (Å²) in [5, 5.41) is 9.93. The summed E-state index contributed by atoms with van der Waals surface area (Å²) >= 11 is 0. The van der Waals surface area contributed by atoms with E-state index in [-0.39, 0.29) is 0 Å². The number of rotatable bonds is 2. The zero-order chi connectivity index (χ0) is 8.10. The fraction of sp³-hybridized carbons (Fsp3) is 0.714. The Balaban J connectivity index is 2.29. The highest BCUT2D eigenvalue weighted by molar-refractivity contribution is 4.83. The SMILES string of the molecule is O=[N+]([O-])C=CC1CCOCC1. The molecule has 0 radical (unpaired) electrons. The van der Waals surface area contributed by atoms with E-state index in [1.54, 1.807) is 6.08 Å². The zero-order valence-corrected chi connectivity index (χ0v) is 6.23. The van der Waals surface area contributed by atoms with E-state index in [0.717, 1.165) is 32.3 Å². The first-order chi connectivity index (χ1) is 5.29. The van der Waals surface area contributed by atoms with Gasteiger partial charge in [0, 0.05) is 13.2 Å². The van der Waals surface area contributed by atoms with Crippen LogP contribution in [0.2, 0.25) is 0 Å². The van der Waals surface area contributed by atoms with Crippen LogP contribution in [0.15, 0.2) is 12.3 Å². The predicted octanol–water partition coefficient (Wildman–Crippen LogP) is 1.20. The van der Waals surface area contributed by atoms with Gasteiger partial charge in [-0.3, -0.25) is 10.1 Å². The molecule has 0 aromatic carbocycles. The van der Waals surface area contributed by atoms with Crippen molar-refractivity contribution in [2.24, 2.45) is 5.92 Å². The molecule has 0 aromatic rings. The van der Waals surface area contributed by atoms with Crippen molar-refractivity contribution in [3.63, 3.8) is 0 Å². The Hall–Kier alpha value is -0.900. The van der Waals surface area contributed by atoms with Crippen LogP contribution in [0.25, 0.3) is 0 Å². The first-order valence-corrected chi connectivity index (χ1v) is 3.68. The fourth-order valence-corrected chi connectivity index (χ4v) is 1.10. The molecule has 1 rings (SSSR count).